The first-order valence-corrected chi connectivity index (χ1v) is 3.80. The third kappa shape index (κ3) is 3.74. The first kappa shape index (κ1) is 11.7. The Hall–Kier alpha value is 0.690. The second-order valence-corrected chi connectivity index (χ2v) is 3.34. The van der Waals surface area contributed by atoms with E-state index in [1.54, 1.807) is 0 Å². The van der Waals surface area contributed by atoms with E-state index in [0.29, 0.717) is 0 Å². The average molecular weight is 248 g/mol. The zero-order valence-corrected chi connectivity index (χ0v) is 7.75. The van der Waals surface area contributed by atoms with E-state index in [9.17, 15) is 13.2 Å². The molecule has 0 rings (SSSR count). The molecule has 0 aliphatic heterocycles. The molecule has 7 heteroatoms. The third-order valence-electron chi connectivity index (χ3n) is 0.650. The van der Waals surface area contributed by atoms with E-state index in [1.807, 2.05) is 0 Å². The Morgan fingerprint density at radius 2 is 1.45 bits per heavy atom. The van der Waals surface area contributed by atoms with Gasteiger partial charge in [-0.15, -0.1) is 0 Å². The quantitative estimate of drug-likeness (QED) is 0.614. The Morgan fingerprint density at radius 3 is 1.55 bits per heavy atom. The molecule has 0 atom stereocenters. The van der Waals surface area contributed by atoms with Crippen LogP contribution in [0.3, 0.4) is 0 Å². The molecule has 0 aliphatic carbocycles. The van der Waals surface area contributed by atoms with Crippen molar-refractivity contribution in [2.45, 2.75) is 11.0 Å². The van der Waals surface area contributed by atoms with Gasteiger partial charge in [-0.3, -0.25) is 0 Å². The van der Waals surface area contributed by atoms with Crippen LogP contribution >= 0.6 is 46.4 Å². The zero-order valence-electron chi connectivity index (χ0n) is 4.72. The highest BCUT2D eigenvalue weighted by molar-refractivity contribution is 6.54. The van der Waals surface area contributed by atoms with Gasteiger partial charge in [0.25, 0.3) is 0 Å². The van der Waals surface area contributed by atoms with Gasteiger partial charge in [0.2, 0.25) is 0 Å². The maximum absolute atomic E-state index is 11.7. The first-order chi connectivity index (χ1) is 4.76. The van der Waals surface area contributed by atoms with Crippen molar-refractivity contribution in [1.82, 2.24) is 0 Å². The second kappa shape index (κ2) is 4.08. The second-order valence-electron chi connectivity index (χ2n) is 1.46. The zero-order chi connectivity index (χ0) is 9.23. The van der Waals surface area contributed by atoms with Crippen molar-refractivity contribution >= 4 is 46.4 Å². The van der Waals surface area contributed by atoms with Gasteiger partial charge in [0.15, 0.2) is 0 Å². The highest BCUT2D eigenvalue weighted by Crippen LogP contribution is 2.36. The molecule has 0 aromatic rings. The molecule has 0 saturated heterocycles. The van der Waals surface area contributed by atoms with Crippen molar-refractivity contribution in [3.63, 3.8) is 0 Å². The molecule has 0 fully saturated rings. The summed E-state index contributed by atoms with van der Waals surface area (Å²) in [6.07, 6.45) is -4.69. The fourth-order valence-corrected chi connectivity index (χ4v) is 0.777. The lowest BCUT2D eigenvalue weighted by Gasteiger charge is -2.07. The number of allylic oxidation sites excluding steroid dienone is 2. The Morgan fingerprint density at radius 1 is 1.09 bits per heavy atom. The number of hydrogen-bond donors (Lipinski definition) is 0. The lowest BCUT2D eigenvalue weighted by molar-refractivity contribution is -0.0848. The van der Waals surface area contributed by atoms with Gasteiger partial charge in [-0.1, -0.05) is 46.4 Å². The van der Waals surface area contributed by atoms with Gasteiger partial charge in [0.1, 0.15) is 9.87 Å². The molecule has 0 aromatic carbocycles. The number of halogens is 7. The summed E-state index contributed by atoms with van der Waals surface area (Å²) in [6.45, 7) is 0. The van der Waals surface area contributed by atoms with Crippen LogP contribution in [-0.4, -0.2) is 11.0 Å². The fourth-order valence-electron chi connectivity index (χ4n) is 0.231. The SMILES string of the molecule is FC(F)(F)C(Cl)=C(Cl)C(Cl)Cl. The van der Waals surface area contributed by atoms with E-state index in [4.69, 9.17) is 46.4 Å². The molecular weight excluding hydrogens is 247 g/mol. The molecule has 66 valence electrons. The predicted octanol–water partition coefficient (Wildman–Crippen LogP) is 4.04. The summed E-state index contributed by atoms with van der Waals surface area (Å²) in [6, 6.07) is 0. The largest absolute Gasteiger partial charge is 0.428 e. The van der Waals surface area contributed by atoms with Crippen LogP contribution in [0.15, 0.2) is 10.1 Å². The van der Waals surface area contributed by atoms with Gasteiger partial charge < -0.3 is 0 Å². The smallest absolute Gasteiger partial charge is 0.165 e. The van der Waals surface area contributed by atoms with E-state index in [-0.39, 0.29) is 0 Å². The Kier molecular flexibility index (Phi) is 4.33. The minimum Gasteiger partial charge on any atom is -0.165 e. The van der Waals surface area contributed by atoms with Crippen LogP contribution < -0.4 is 0 Å². The van der Waals surface area contributed by atoms with Crippen LogP contribution in [-0.2, 0) is 0 Å². The Labute approximate surface area is 80.9 Å². The van der Waals surface area contributed by atoms with Crippen molar-refractivity contribution in [2.75, 3.05) is 0 Å². The van der Waals surface area contributed by atoms with Crippen molar-refractivity contribution < 1.29 is 13.2 Å². The predicted molar refractivity (Wildman–Crippen MR) is 40.3 cm³/mol. The van der Waals surface area contributed by atoms with Crippen LogP contribution in [0.5, 0.6) is 0 Å². The Bertz CT molecular complexity index is 171. The molecule has 0 nitrogen and oxygen atoms in total. The summed E-state index contributed by atoms with van der Waals surface area (Å²) in [5.74, 6) is 0. The normalized spacial score (nSPS) is 15.3. The lowest BCUT2D eigenvalue weighted by atomic mass is 10.5. The molecule has 11 heavy (non-hydrogen) atoms. The minimum absolute atomic E-state index is 0.817. The van der Waals surface area contributed by atoms with E-state index in [2.05, 4.69) is 0 Å². The molecule has 0 amide bonds. The lowest BCUT2D eigenvalue weighted by Crippen LogP contribution is -2.10. The van der Waals surface area contributed by atoms with Crippen LogP contribution in [0.4, 0.5) is 13.2 Å². The maximum Gasteiger partial charge on any atom is 0.428 e. The molecule has 0 aromatic heterocycles. The average Bonchev–Trinajstić information content (AvgIpc) is 1.82. The van der Waals surface area contributed by atoms with Gasteiger partial charge >= 0.3 is 6.18 Å². The summed E-state index contributed by atoms with van der Waals surface area (Å²) in [4.78, 5) is -1.45. The summed E-state index contributed by atoms with van der Waals surface area (Å²) >= 11 is 19.8. The molecule has 0 spiro atoms. The van der Waals surface area contributed by atoms with Crippen molar-refractivity contribution in [1.29, 1.82) is 0 Å². The fraction of sp³-hybridized carbons (Fsp3) is 0.500. The van der Waals surface area contributed by atoms with Crippen LogP contribution in [0.2, 0.25) is 0 Å². The first-order valence-electron chi connectivity index (χ1n) is 2.17. The number of hydrogen-bond acceptors (Lipinski definition) is 0. The highest BCUT2D eigenvalue weighted by Gasteiger charge is 2.36. The number of rotatable bonds is 1. The molecule has 0 heterocycles. The molecular formula is C4HCl4F3. The van der Waals surface area contributed by atoms with Gasteiger partial charge in [0.05, 0.1) is 5.03 Å². The van der Waals surface area contributed by atoms with Crippen LogP contribution in [0.25, 0.3) is 0 Å². The van der Waals surface area contributed by atoms with E-state index < -0.39 is 21.1 Å². The van der Waals surface area contributed by atoms with Gasteiger partial charge in [0, 0.05) is 0 Å². The van der Waals surface area contributed by atoms with Gasteiger partial charge in [-0.25, -0.2) is 0 Å². The number of alkyl halides is 5. The molecule has 0 aliphatic rings. The standard InChI is InChI=1S/C4HCl4F3/c5-1(3(7)8)2(6)4(9,10)11/h3H. The van der Waals surface area contributed by atoms with Crippen molar-refractivity contribution in [2.24, 2.45) is 0 Å². The van der Waals surface area contributed by atoms with Crippen LogP contribution in [0, 0.1) is 0 Å². The summed E-state index contributed by atoms with van der Waals surface area (Å²) < 4.78 is 35.0. The monoisotopic (exact) mass is 246 g/mol. The molecule has 0 unspecified atom stereocenters. The minimum atomic E-state index is -4.69. The Balaban J connectivity index is 4.67. The van der Waals surface area contributed by atoms with Crippen molar-refractivity contribution in [3.05, 3.63) is 10.1 Å². The maximum atomic E-state index is 11.7. The van der Waals surface area contributed by atoms with Crippen molar-refractivity contribution in [3.8, 4) is 0 Å². The van der Waals surface area contributed by atoms with Crippen LogP contribution in [0.1, 0.15) is 0 Å². The molecule has 0 N–H and O–H groups in total. The van der Waals surface area contributed by atoms with E-state index >= 15 is 0 Å². The molecule has 0 bridgehead atoms. The van der Waals surface area contributed by atoms with Gasteiger partial charge in [-0.2, -0.15) is 13.2 Å². The topological polar surface area (TPSA) is 0 Å². The third-order valence-corrected chi connectivity index (χ3v) is 2.23. The summed E-state index contributed by atoms with van der Waals surface area (Å²) in [5.41, 5.74) is 0. The summed E-state index contributed by atoms with van der Waals surface area (Å²) in [5, 5.41) is -2.31. The molecule has 0 saturated carbocycles. The summed E-state index contributed by atoms with van der Waals surface area (Å²) in [7, 11) is 0. The van der Waals surface area contributed by atoms with E-state index in [0.717, 1.165) is 0 Å². The van der Waals surface area contributed by atoms with Gasteiger partial charge in [-0.05, 0) is 0 Å². The van der Waals surface area contributed by atoms with E-state index in [1.165, 1.54) is 0 Å². The highest BCUT2D eigenvalue weighted by atomic mass is 35.5. The molecule has 0 radical (unpaired) electrons.